The number of fused-ring (bicyclic) bond motifs is 1. The Kier molecular flexibility index (Phi) is 5.85. The van der Waals surface area contributed by atoms with E-state index in [-0.39, 0.29) is 21.7 Å². The Morgan fingerprint density at radius 1 is 1.06 bits per heavy atom. The topological polar surface area (TPSA) is 115 Å². The molecular formula is C20H14Cl2N4O3S2. The third-order valence-electron chi connectivity index (χ3n) is 4.54. The second-order valence-corrected chi connectivity index (χ2v) is 9.67. The number of halogens is 2. The fourth-order valence-corrected chi connectivity index (χ4v) is 5.40. The molecule has 1 heterocycles. The minimum absolute atomic E-state index is 0.0359. The van der Waals surface area contributed by atoms with E-state index in [4.69, 9.17) is 28.9 Å². The molecule has 0 saturated carbocycles. The number of anilines is 1. The molecule has 0 atom stereocenters. The van der Waals surface area contributed by atoms with Crippen LogP contribution in [0.1, 0.15) is 21.5 Å². The van der Waals surface area contributed by atoms with Crippen molar-refractivity contribution < 1.29 is 13.2 Å². The molecule has 0 saturated heterocycles. The molecule has 11 heteroatoms. The zero-order valence-electron chi connectivity index (χ0n) is 15.7. The Morgan fingerprint density at radius 2 is 1.87 bits per heavy atom. The van der Waals surface area contributed by atoms with E-state index in [1.807, 2.05) is 0 Å². The first kappa shape index (κ1) is 21.5. The molecule has 0 fully saturated rings. The first-order chi connectivity index (χ1) is 14.7. The smallest absolute Gasteiger partial charge is 0.264 e. The lowest BCUT2D eigenvalue weighted by Crippen LogP contribution is -2.19. The Bertz CT molecular complexity index is 1420. The van der Waals surface area contributed by atoms with Crippen LogP contribution in [0.2, 0.25) is 10.0 Å². The number of primary amides is 1. The van der Waals surface area contributed by atoms with Gasteiger partial charge in [-0.2, -0.15) is 8.75 Å². The van der Waals surface area contributed by atoms with Crippen LogP contribution in [-0.4, -0.2) is 23.1 Å². The van der Waals surface area contributed by atoms with Gasteiger partial charge in [-0.1, -0.05) is 41.4 Å². The monoisotopic (exact) mass is 492 g/mol. The quantitative estimate of drug-likeness (QED) is 0.411. The van der Waals surface area contributed by atoms with Crippen molar-refractivity contribution in [3.8, 4) is 0 Å². The van der Waals surface area contributed by atoms with Crippen LogP contribution in [0.25, 0.3) is 11.0 Å². The molecule has 1 aromatic heterocycles. The molecule has 3 aromatic carbocycles. The van der Waals surface area contributed by atoms with Crippen LogP contribution in [0.3, 0.4) is 0 Å². The summed E-state index contributed by atoms with van der Waals surface area (Å²) in [4.78, 5) is 12.0. The first-order valence-corrected chi connectivity index (χ1v) is 11.8. The molecule has 31 heavy (non-hydrogen) atoms. The molecule has 0 aliphatic heterocycles. The Labute approximate surface area is 192 Å². The normalized spacial score (nSPS) is 11.5. The highest BCUT2D eigenvalue weighted by atomic mass is 35.5. The number of nitrogens with two attached hydrogens (primary N) is 1. The molecule has 0 unspecified atom stereocenters. The lowest BCUT2D eigenvalue weighted by molar-refractivity contribution is 0.100. The minimum Gasteiger partial charge on any atom is -0.366 e. The van der Waals surface area contributed by atoms with Gasteiger partial charge in [-0.25, -0.2) is 8.42 Å². The summed E-state index contributed by atoms with van der Waals surface area (Å²) in [7, 11) is -4.04. The van der Waals surface area contributed by atoms with E-state index >= 15 is 0 Å². The zero-order valence-corrected chi connectivity index (χ0v) is 18.8. The van der Waals surface area contributed by atoms with Crippen LogP contribution in [-0.2, 0) is 16.4 Å². The first-order valence-electron chi connectivity index (χ1n) is 8.85. The van der Waals surface area contributed by atoms with E-state index in [0.717, 1.165) is 22.9 Å². The second-order valence-electron chi connectivity index (χ2n) is 6.65. The van der Waals surface area contributed by atoms with Gasteiger partial charge in [-0.3, -0.25) is 9.52 Å². The lowest BCUT2D eigenvalue weighted by atomic mass is 10.0. The number of benzene rings is 3. The van der Waals surface area contributed by atoms with Gasteiger partial charge in [-0.05, 0) is 53.9 Å². The predicted molar refractivity (Wildman–Crippen MR) is 122 cm³/mol. The molecular weight excluding hydrogens is 479 g/mol. The molecule has 3 N–H and O–H groups in total. The van der Waals surface area contributed by atoms with Gasteiger partial charge in [0.25, 0.3) is 15.9 Å². The molecule has 0 bridgehead atoms. The standard InChI is InChI=1S/C20H14Cl2N4O3S2/c21-13-6-5-12(15(22)10-13)8-11-4-7-16(14(9-11)20(23)27)26-31(28,29)18-3-1-2-17-19(18)25-30-24-17/h1-7,9-10,26H,8H2,(H2,23,27). The van der Waals surface area contributed by atoms with Crippen molar-refractivity contribution in [3.05, 3.63) is 81.3 Å². The summed E-state index contributed by atoms with van der Waals surface area (Å²) in [6, 6.07) is 14.5. The summed E-state index contributed by atoms with van der Waals surface area (Å²) in [6.07, 6.45) is 0.410. The zero-order chi connectivity index (χ0) is 22.2. The summed E-state index contributed by atoms with van der Waals surface area (Å²) in [5.41, 5.74) is 7.89. The van der Waals surface area contributed by atoms with Gasteiger partial charge in [0, 0.05) is 10.0 Å². The molecule has 0 aliphatic carbocycles. The molecule has 0 aliphatic rings. The molecule has 4 aromatic rings. The maximum Gasteiger partial charge on any atom is 0.264 e. The van der Waals surface area contributed by atoms with Crippen molar-refractivity contribution >= 4 is 67.6 Å². The fraction of sp³-hybridized carbons (Fsp3) is 0.0500. The van der Waals surface area contributed by atoms with Crippen molar-refractivity contribution in [1.29, 1.82) is 0 Å². The minimum atomic E-state index is -4.04. The van der Waals surface area contributed by atoms with Gasteiger partial charge in [-0.15, -0.1) is 0 Å². The average molecular weight is 493 g/mol. The summed E-state index contributed by atoms with van der Waals surface area (Å²) in [5, 5.41) is 1.00. The number of amides is 1. The van der Waals surface area contributed by atoms with Crippen LogP contribution in [0, 0.1) is 0 Å². The van der Waals surface area contributed by atoms with Crippen molar-refractivity contribution in [2.75, 3.05) is 4.72 Å². The Morgan fingerprint density at radius 3 is 2.61 bits per heavy atom. The van der Waals surface area contributed by atoms with Gasteiger partial charge in [0.15, 0.2) is 0 Å². The lowest BCUT2D eigenvalue weighted by Gasteiger charge is -2.13. The number of nitrogens with one attached hydrogen (secondary N) is 1. The van der Waals surface area contributed by atoms with Crippen LogP contribution in [0.4, 0.5) is 5.69 Å². The second kappa shape index (κ2) is 8.43. The van der Waals surface area contributed by atoms with Crippen LogP contribution < -0.4 is 10.5 Å². The van der Waals surface area contributed by atoms with E-state index in [1.54, 1.807) is 36.4 Å². The number of aromatic nitrogens is 2. The number of hydrogen-bond donors (Lipinski definition) is 2. The van der Waals surface area contributed by atoms with E-state index < -0.39 is 15.9 Å². The largest absolute Gasteiger partial charge is 0.366 e. The number of carbonyl (C=O) groups excluding carboxylic acids is 1. The van der Waals surface area contributed by atoms with Gasteiger partial charge < -0.3 is 5.73 Å². The SMILES string of the molecule is NC(=O)c1cc(Cc2ccc(Cl)cc2Cl)ccc1NS(=O)(=O)c1cccc2nsnc12. The molecule has 4 rings (SSSR count). The third-order valence-corrected chi connectivity index (χ3v) is 7.07. The van der Waals surface area contributed by atoms with Crippen LogP contribution in [0.15, 0.2) is 59.5 Å². The van der Waals surface area contributed by atoms with Crippen LogP contribution >= 0.6 is 34.9 Å². The Hall–Kier alpha value is -2.72. The molecule has 158 valence electrons. The van der Waals surface area contributed by atoms with Gasteiger partial charge in [0.2, 0.25) is 0 Å². The highest BCUT2D eigenvalue weighted by Gasteiger charge is 2.22. The van der Waals surface area contributed by atoms with E-state index in [0.29, 0.717) is 22.0 Å². The summed E-state index contributed by atoms with van der Waals surface area (Å²) in [6.45, 7) is 0. The number of sulfonamides is 1. The van der Waals surface area contributed by atoms with E-state index in [2.05, 4.69) is 13.5 Å². The van der Waals surface area contributed by atoms with Gasteiger partial charge >= 0.3 is 0 Å². The average Bonchev–Trinajstić information content (AvgIpc) is 3.19. The van der Waals surface area contributed by atoms with Crippen molar-refractivity contribution in [3.63, 3.8) is 0 Å². The predicted octanol–water partition coefficient (Wildman–Crippen LogP) is 4.49. The molecule has 0 radical (unpaired) electrons. The summed E-state index contributed by atoms with van der Waals surface area (Å²) >= 11 is 13.1. The highest BCUT2D eigenvalue weighted by Crippen LogP contribution is 2.28. The maximum atomic E-state index is 13.0. The van der Waals surface area contributed by atoms with Crippen molar-refractivity contribution in [1.82, 2.24) is 8.75 Å². The van der Waals surface area contributed by atoms with Crippen molar-refractivity contribution in [2.24, 2.45) is 5.73 Å². The highest BCUT2D eigenvalue weighted by molar-refractivity contribution is 7.93. The van der Waals surface area contributed by atoms with Crippen LogP contribution in [0.5, 0.6) is 0 Å². The van der Waals surface area contributed by atoms with Gasteiger partial charge in [0.05, 0.1) is 23.0 Å². The molecule has 1 amide bonds. The molecule has 7 nitrogen and oxygen atoms in total. The Balaban J connectivity index is 1.68. The van der Waals surface area contributed by atoms with Crippen molar-refractivity contribution in [2.45, 2.75) is 11.3 Å². The summed E-state index contributed by atoms with van der Waals surface area (Å²) in [5.74, 6) is -0.768. The number of carbonyl (C=O) groups is 1. The summed E-state index contributed by atoms with van der Waals surface area (Å²) < 4.78 is 36.5. The maximum absolute atomic E-state index is 13.0. The number of hydrogen-bond acceptors (Lipinski definition) is 6. The third kappa shape index (κ3) is 4.49. The van der Waals surface area contributed by atoms with E-state index in [9.17, 15) is 13.2 Å². The van der Waals surface area contributed by atoms with E-state index in [1.165, 1.54) is 18.2 Å². The number of nitrogens with zero attached hydrogens (tertiary/aromatic N) is 2. The fourth-order valence-electron chi connectivity index (χ4n) is 3.08. The molecule has 0 spiro atoms. The van der Waals surface area contributed by atoms with Gasteiger partial charge in [0.1, 0.15) is 15.9 Å². The number of rotatable bonds is 6.